The normalized spacial score (nSPS) is 17.8. The van der Waals surface area contributed by atoms with Crippen LogP contribution in [0.2, 0.25) is 0 Å². The lowest BCUT2D eigenvalue weighted by atomic mass is 9.98. The third kappa shape index (κ3) is 5.65. The number of para-hydroxylation sites is 1. The molecule has 8 heteroatoms. The Bertz CT molecular complexity index is 912. The topological polar surface area (TPSA) is 101 Å². The summed E-state index contributed by atoms with van der Waals surface area (Å²) in [7, 11) is 0. The molecule has 2 heterocycles. The molecule has 0 spiro atoms. The first kappa shape index (κ1) is 22.4. The monoisotopic (exact) mass is 427 g/mol. The molecule has 1 aromatic heterocycles. The number of ether oxygens (including phenoxy) is 1. The molecule has 3 amide bonds. The fraction of sp³-hybridized carbons (Fsp3) is 0.435. The molecule has 3 rings (SSSR count). The number of amides is 3. The highest BCUT2D eigenvalue weighted by molar-refractivity contribution is 5.90. The van der Waals surface area contributed by atoms with Crippen LogP contribution in [-0.2, 0) is 20.9 Å². The van der Waals surface area contributed by atoms with Crippen LogP contribution in [0, 0.1) is 5.92 Å². The first-order valence-electron chi connectivity index (χ1n) is 10.5. The summed E-state index contributed by atoms with van der Waals surface area (Å²) in [5.74, 6) is 0.0774. The van der Waals surface area contributed by atoms with Crippen molar-refractivity contribution in [2.75, 3.05) is 6.54 Å². The van der Waals surface area contributed by atoms with Gasteiger partial charge in [-0.1, -0.05) is 32.0 Å². The number of benzene rings is 1. The summed E-state index contributed by atoms with van der Waals surface area (Å²) in [5.41, 5.74) is 5.86. The molecule has 166 valence electrons. The van der Waals surface area contributed by atoms with Gasteiger partial charge < -0.3 is 14.1 Å². The van der Waals surface area contributed by atoms with E-state index in [9.17, 15) is 14.4 Å². The van der Waals surface area contributed by atoms with Crippen molar-refractivity contribution in [3.8, 4) is 5.75 Å². The van der Waals surface area contributed by atoms with Gasteiger partial charge in [0.2, 0.25) is 11.8 Å². The minimum absolute atomic E-state index is 0.0940. The molecule has 0 saturated carbocycles. The number of likely N-dealkylation sites (tertiary alicyclic amines) is 1. The van der Waals surface area contributed by atoms with E-state index in [2.05, 4.69) is 24.7 Å². The number of carbonyl (C=O) groups is 3. The van der Waals surface area contributed by atoms with Crippen molar-refractivity contribution in [1.29, 1.82) is 0 Å². The number of furan rings is 1. The molecule has 1 fully saturated rings. The fourth-order valence-corrected chi connectivity index (χ4v) is 3.48. The van der Waals surface area contributed by atoms with Crippen LogP contribution in [0.15, 0.2) is 47.1 Å². The summed E-state index contributed by atoms with van der Waals surface area (Å²) in [6, 6.07) is 11.2. The number of carbonyl (C=O) groups excluding carboxylic acids is 3. The van der Waals surface area contributed by atoms with Gasteiger partial charge in [0.15, 0.2) is 6.10 Å². The Morgan fingerprint density at radius 1 is 1.19 bits per heavy atom. The third-order valence-electron chi connectivity index (χ3n) is 5.56. The Morgan fingerprint density at radius 2 is 1.97 bits per heavy atom. The van der Waals surface area contributed by atoms with Crippen LogP contribution >= 0.6 is 0 Å². The average Bonchev–Trinajstić information content (AvgIpc) is 3.41. The van der Waals surface area contributed by atoms with E-state index in [0.717, 1.165) is 12.0 Å². The average molecular weight is 428 g/mol. The van der Waals surface area contributed by atoms with Gasteiger partial charge in [-0.3, -0.25) is 25.2 Å². The number of hydrazine groups is 1. The van der Waals surface area contributed by atoms with Crippen molar-refractivity contribution in [1.82, 2.24) is 15.8 Å². The highest BCUT2D eigenvalue weighted by Gasteiger charge is 2.35. The first-order chi connectivity index (χ1) is 14.9. The van der Waals surface area contributed by atoms with E-state index in [1.807, 2.05) is 24.3 Å². The molecule has 3 atom stereocenters. The highest BCUT2D eigenvalue weighted by Crippen LogP contribution is 2.29. The maximum absolute atomic E-state index is 12.4. The number of hydrogen-bond acceptors (Lipinski definition) is 5. The van der Waals surface area contributed by atoms with E-state index in [-0.39, 0.29) is 18.9 Å². The Kier molecular flexibility index (Phi) is 7.33. The highest BCUT2D eigenvalue weighted by atomic mass is 16.5. The van der Waals surface area contributed by atoms with Gasteiger partial charge in [0.1, 0.15) is 11.5 Å². The van der Waals surface area contributed by atoms with E-state index >= 15 is 0 Å². The Balaban J connectivity index is 1.49. The molecule has 1 aromatic carbocycles. The van der Waals surface area contributed by atoms with Gasteiger partial charge in [-0.15, -0.1) is 0 Å². The first-order valence-corrected chi connectivity index (χ1v) is 10.5. The molecule has 3 unspecified atom stereocenters. The molecule has 2 aromatic rings. The van der Waals surface area contributed by atoms with Crippen molar-refractivity contribution < 1.29 is 23.5 Å². The summed E-state index contributed by atoms with van der Waals surface area (Å²) >= 11 is 0. The van der Waals surface area contributed by atoms with Crippen LogP contribution in [-0.4, -0.2) is 35.3 Å². The van der Waals surface area contributed by atoms with Gasteiger partial charge in [0.05, 0.1) is 18.7 Å². The number of nitrogens with zero attached hydrogens (tertiary/aromatic N) is 1. The van der Waals surface area contributed by atoms with E-state index in [1.165, 1.54) is 0 Å². The predicted octanol–water partition coefficient (Wildman–Crippen LogP) is 2.76. The maximum atomic E-state index is 12.4. The molecular formula is C23H29N3O5. The smallest absolute Gasteiger partial charge is 0.279 e. The molecule has 31 heavy (non-hydrogen) atoms. The zero-order valence-corrected chi connectivity index (χ0v) is 18.1. The van der Waals surface area contributed by atoms with Gasteiger partial charge >= 0.3 is 0 Å². The SMILES string of the molecule is CCC(C)c1ccccc1OC(C)C(=O)NNC(=O)C1CC(=O)N(Cc2ccco2)C1. The second-order valence-electron chi connectivity index (χ2n) is 7.84. The quantitative estimate of drug-likeness (QED) is 0.631. The van der Waals surface area contributed by atoms with E-state index < -0.39 is 23.8 Å². The van der Waals surface area contributed by atoms with Gasteiger partial charge in [0.25, 0.3) is 5.91 Å². The lowest BCUT2D eigenvalue weighted by molar-refractivity contribution is -0.134. The molecule has 0 bridgehead atoms. The summed E-state index contributed by atoms with van der Waals surface area (Å²) in [6.45, 7) is 6.42. The number of rotatable bonds is 8. The predicted molar refractivity (Wildman–Crippen MR) is 114 cm³/mol. The second kappa shape index (κ2) is 10.1. The minimum atomic E-state index is -0.800. The van der Waals surface area contributed by atoms with E-state index in [0.29, 0.717) is 24.0 Å². The molecule has 0 radical (unpaired) electrons. The molecule has 2 N–H and O–H groups in total. The van der Waals surface area contributed by atoms with Crippen LogP contribution < -0.4 is 15.6 Å². The molecule has 0 aliphatic carbocycles. The zero-order valence-electron chi connectivity index (χ0n) is 18.1. The van der Waals surface area contributed by atoms with Gasteiger partial charge in [-0.05, 0) is 43.0 Å². The lowest BCUT2D eigenvalue weighted by Crippen LogP contribution is -2.49. The van der Waals surface area contributed by atoms with Crippen LogP contribution in [0.5, 0.6) is 5.75 Å². The van der Waals surface area contributed by atoms with Crippen molar-refractivity contribution in [3.05, 3.63) is 54.0 Å². The standard InChI is InChI=1S/C23H29N3O5/c1-4-15(2)19-9-5-6-10-20(19)31-16(3)22(28)24-25-23(29)17-12-21(27)26(13-17)14-18-8-7-11-30-18/h5-11,15-17H,4,12-14H2,1-3H3,(H,24,28)(H,25,29). The van der Waals surface area contributed by atoms with Crippen LogP contribution in [0.4, 0.5) is 0 Å². The van der Waals surface area contributed by atoms with E-state index in [1.54, 1.807) is 30.2 Å². The Labute approximate surface area is 181 Å². The molecule has 1 aliphatic heterocycles. The minimum Gasteiger partial charge on any atom is -0.481 e. The van der Waals surface area contributed by atoms with Crippen molar-refractivity contribution in [3.63, 3.8) is 0 Å². The van der Waals surface area contributed by atoms with Gasteiger partial charge in [-0.2, -0.15) is 0 Å². The third-order valence-corrected chi connectivity index (χ3v) is 5.56. The number of nitrogens with one attached hydrogen (secondary N) is 2. The number of hydrogen-bond donors (Lipinski definition) is 2. The molecule has 8 nitrogen and oxygen atoms in total. The van der Waals surface area contributed by atoms with Gasteiger partial charge in [-0.25, -0.2) is 0 Å². The van der Waals surface area contributed by atoms with E-state index in [4.69, 9.17) is 9.15 Å². The molecule has 1 aliphatic rings. The molecular weight excluding hydrogens is 398 g/mol. The fourth-order valence-electron chi connectivity index (χ4n) is 3.48. The summed E-state index contributed by atoms with van der Waals surface area (Å²) in [6.07, 6.45) is 1.79. The maximum Gasteiger partial charge on any atom is 0.279 e. The summed E-state index contributed by atoms with van der Waals surface area (Å²) in [4.78, 5) is 38.6. The molecule has 1 saturated heterocycles. The van der Waals surface area contributed by atoms with Crippen molar-refractivity contribution in [2.45, 2.75) is 52.2 Å². The Hall–Kier alpha value is -3.29. The zero-order chi connectivity index (χ0) is 22.4. The lowest BCUT2D eigenvalue weighted by Gasteiger charge is -2.20. The Morgan fingerprint density at radius 3 is 2.68 bits per heavy atom. The van der Waals surface area contributed by atoms with Gasteiger partial charge in [0, 0.05) is 13.0 Å². The summed E-state index contributed by atoms with van der Waals surface area (Å²) < 4.78 is 11.1. The van der Waals surface area contributed by atoms with Crippen LogP contribution in [0.1, 0.15) is 50.9 Å². The summed E-state index contributed by atoms with van der Waals surface area (Å²) in [5, 5.41) is 0. The second-order valence-corrected chi connectivity index (χ2v) is 7.84. The largest absolute Gasteiger partial charge is 0.481 e. The van der Waals surface area contributed by atoms with Crippen LogP contribution in [0.3, 0.4) is 0 Å². The van der Waals surface area contributed by atoms with Crippen molar-refractivity contribution in [2.24, 2.45) is 5.92 Å². The van der Waals surface area contributed by atoms with Crippen molar-refractivity contribution >= 4 is 17.7 Å². The van der Waals surface area contributed by atoms with Crippen LogP contribution in [0.25, 0.3) is 0 Å².